The third-order valence-corrected chi connectivity index (χ3v) is 5.09. The normalized spacial score (nSPS) is 20.2. The van der Waals surface area contributed by atoms with Crippen LogP contribution in [-0.4, -0.2) is 32.7 Å². The monoisotopic (exact) mass is 384 g/mol. The topological polar surface area (TPSA) is 113 Å². The fraction of sp³-hybridized carbons (Fsp3) is 0.400. The molecule has 1 aromatic carbocycles. The maximum atomic E-state index is 12.5. The van der Waals surface area contributed by atoms with Crippen LogP contribution < -0.4 is 10.6 Å². The lowest BCUT2D eigenvalue weighted by atomic mass is 9.81. The highest BCUT2D eigenvalue weighted by Crippen LogP contribution is 2.30. The molecule has 0 saturated heterocycles. The quantitative estimate of drug-likeness (QED) is 0.709. The average molecular weight is 384 g/mol. The molecule has 2 aromatic rings. The van der Waals surface area contributed by atoms with E-state index in [1.54, 1.807) is 54.3 Å². The van der Waals surface area contributed by atoms with Crippen LogP contribution in [0.25, 0.3) is 0 Å². The molecule has 1 heterocycles. The SMILES string of the molecule is CC(C(=O)Nc1cccc(NC(=O)C2CCCC(C(=O)O)C2)c1)n1cccn1. The van der Waals surface area contributed by atoms with Gasteiger partial charge in [0.1, 0.15) is 6.04 Å². The van der Waals surface area contributed by atoms with Crippen LogP contribution >= 0.6 is 0 Å². The summed E-state index contributed by atoms with van der Waals surface area (Å²) in [6.45, 7) is 1.75. The number of hydrogen-bond donors (Lipinski definition) is 3. The number of carboxylic acid groups (broad SMARTS) is 1. The van der Waals surface area contributed by atoms with Gasteiger partial charge in [-0.25, -0.2) is 0 Å². The summed E-state index contributed by atoms with van der Waals surface area (Å²) < 4.78 is 1.56. The zero-order valence-electron chi connectivity index (χ0n) is 15.7. The second-order valence-corrected chi connectivity index (χ2v) is 7.12. The number of aromatic nitrogens is 2. The Morgan fingerprint density at radius 1 is 1.14 bits per heavy atom. The van der Waals surface area contributed by atoms with Gasteiger partial charge >= 0.3 is 5.97 Å². The minimum Gasteiger partial charge on any atom is -0.481 e. The summed E-state index contributed by atoms with van der Waals surface area (Å²) in [6.07, 6.45) is 5.73. The standard InChI is InChI=1S/C20H24N4O4/c1-13(24-10-4-9-21-24)18(25)22-16-7-3-8-17(12-16)23-19(26)14-5-2-6-15(11-14)20(27)28/h3-4,7-10,12-15H,2,5-6,11H2,1H3,(H,22,25)(H,23,26)(H,27,28). The van der Waals surface area contributed by atoms with Crippen molar-refractivity contribution < 1.29 is 19.5 Å². The zero-order chi connectivity index (χ0) is 20.1. The van der Waals surface area contributed by atoms with Gasteiger partial charge in [-0.2, -0.15) is 5.10 Å². The van der Waals surface area contributed by atoms with Crippen LogP contribution in [0.4, 0.5) is 11.4 Å². The van der Waals surface area contributed by atoms with Gasteiger partial charge in [0.05, 0.1) is 5.92 Å². The van der Waals surface area contributed by atoms with Crippen molar-refractivity contribution in [3.63, 3.8) is 0 Å². The molecule has 3 rings (SSSR count). The molecule has 1 saturated carbocycles. The number of nitrogens with one attached hydrogen (secondary N) is 2. The molecule has 3 unspecified atom stereocenters. The van der Waals surface area contributed by atoms with Crippen LogP contribution in [-0.2, 0) is 14.4 Å². The molecule has 3 N–H and O–H groups in total. The molecule has 1 aliphatic rings. The van der Waals surface area contributed by atoms with Gasteiger partial charge in [-0.3, -0.25) is 19.1 Å². The van der Waals surface area contributed by atoms with E-state index < -0.39 is 17.9 Å². The largest absolute Gasteiger partial charge is 0.481 e. The van der Waals surface area contributed by atoms with Crippen molar-refractivity contribution in [1.29, 1.82) is 0 Å². The minimum atomic E-state index is -0.839. The Bertz CT molecular complexity index is 850. The first-order valence-electron chi connectivity index (χ1n) is 9.37. The Morgan fingerprint density at radius 3 is 2.54 bits per heavy atom. The van der Waals surface area contributed by atoms with Crippen LogP contribution in [0.2, 0.25) is 0 Å². The summed E-state index contributed by atoms with van der Waals surface area (Å²) in [7, 11) is 0. The molecule has 1 fully saturated rings. The number of anilines is 2. The number of amides is 2. The minimum absolute atomic E-state index is 0.181. The fourth-order valence-corrected chi connectivity index (χ4v) is 3.45. The lowest BCUT2D eigenvalue weighted by Gasteiger charge is -2.25. The van der Waals surface area contributed by atoms with E-state index in [9.17, 15) is 19.5 Å². The van der Waals surface area contributed by atoms with E-state index in [1.165, 1.54) is 0 Å². The Balaban J connectivity index is 1.60. The molecule has 0 bridgehead atoms. The molecule has 148 valence electrons. The van der Waals surface area contributed by atoms with Gasteiger partial charge in [-0.05, 0) is 50.5 Å². The Kier molecular flexibility index (Phi) is 6.08. The van der Waals surface area contributed by atoms with Gasteiger partial charge in [-0.15, -0.1) is 0 Å². The number of carbonyl (C=O) groups excluding carboxylic acids is 2. The number of carbonyl (C=O) groups is 3. The molecule has 28 heavy (non-hydrogen) atoms. The summed E-state index contributed by atoms with van der Waals surface area (Å²) in [5.41, 5.74) is 1.13. The number of aliphatic carboxylic acids is 1. The van der Waals surface area contributed by atoms with Crippen LogP contribution in [0.3, 0.4) is 0 Å². The van der Waals surface area contributed by atoms with E-state index in [0.29, 0.717) is 30.6 Å². The number of hydrogen-bond acceptors (Lipinski definition) is 4. The number of benzene rings is 1. The lowest BCUT2D eigenvalue weighted by molar-refractivity contribution is -0.143. The molecular formula is C20H24N4O4. The highest BCUT2D eigenvalue weighted by atomic mass is 16.4. The first kappa shape index (κ1) is 19.6. The van der Waals surface area contributed by atoms with Gasteiger partial charge in [0, 0.05) is 29.7 Å². The second-order valence-electron chi connectivity index (χ2n) is 7.12. The van der Waals surface area contributed by atoms with Gasteiger partial charge in [-0.1, -0.05) is 12.5 Å². The average Bonchev–Trinajstić information content (AvgIpc) is 3.22. The summed E-state index contributed by atoms with van der Waals surface area (Å²) in [5, 5.41) is 18.9. The van der Waals surface area contributed by atoms with E-state index in [1.807, 2.05) is 0 Å². The first-order chi connectivity index (χ1) is 13.4. The van der Waals surface area contributed by atoms with Gasteiger partial charge < -0.3 is 15.7 Å². The number of rotatable bonds is 6. The van der Waals surface area contributed by atoms with Crippen LogP contribution in [0.1, 0.15) is 38.6 Å². The van der Waals surface area contributed by atoms with Gasteiger partial charge in [0.2, 0.25) is 11.8 Å². The molecule has 8 heteroatoms. The summed E-state index contributed by atoms with van der Waals surface area (Å²) in [4.78, 5) is 36.1. The molecule has 1 aliphatic carbocycles. The van der Waals surface area contributed by atoms with Gasteiger partial charge in [0.15, 0.2) is 0 Å². The van der Waals surface area contributed by atoms with Crippen LogP contribution in [0.5, 0.6) is 0 Å². The summed E-state index contributed by atoms with van der Waals surface area (Å²) in [6, 6.07) is 8.18. The van der Waals surface area contributed by atoms with Crippen molar-refractivity contribution in [3.8, 4) is 0 Å². The zero-order valence-corrected chi connectivity index (χ0v) is 15.7. The Morgan fingerprint density at radius 2 is 1.86 bits per heavy atom. The summed E-state index contributed by atoms with van der Waals surface area (Å²) >= 11 is 0. The molecular weight excluding hydrogens is 360 g/mol. The van der Waals surface area contributed by atoms with E-state index in [2.05, 4.69) is 15.7 Å². The number of carboxylic acids is 1. The molecule has 3 atom stereocenters. The van der Waals surface area contributed by atoms with Crippen LogP contribution in [0, 0.1) is 11.8 Å². The van der Waals surface area contributed by atoms with Crippen molar-refractivity contribution in [3.05, 3.63) is 42.7 Å². The Labute approximate surface area is 162 Å². The maximum absolute atomic E-state index is 12.5. The van der Waals surface area contributed by atoms with Crippen LogP contribution in [0.15, 0.2) is 42.7 Å². The third kappa shape index (κ3) is 4.76. The number of nitrogens with zero attached hydrogens (tertiary/aromatic N) is 2. The van der Waals surface area contributed by atoms with Crippen molar-refractivity contribution >= 4 is 29.2 Å². The van der Waals surface area contributed by atoms with E-state index >= 15 is 0 Å². The van der Waals surface area contributed by atoms with Crippen molar-refractivity contribution in [2.24, 2.45) is 11.8 Å². The summed E-state index contributed by atoms with van der Waals surface area (Å²) in [5.74, 6) is -2.01. The molecule has 8 nitrogen and oxygen atoms in total. The smallest absolute Gasteiger partial charge is 0.306 e. The maximum Gasteiger partial charge on any atom is 0.306 e. The van der Waals surface area contributed by atoms with Crippen molar-refractivity contribution in [1.82, 2.24) is 9.78 Å². The fourth-order valence-electron chi connectivity index (χ4n) is 3.45. The van der Waals surface area contributed by atoms with Crippen molar-refractivity contribution in [2.75, 3.05) is 10.6 Å². The molecule has 1 aromatic heterocycles. The predicted octanol–water partition coefficient (Wildman–Crippen LogP) is 2.91. The van der Waals surface area contributed by atoms with E-state index in [4.69, 9.17) is 0 Å². The second kappa shape index (κ2) is 8.69. The highest BCUT2D eigenvalue weighted by molar-refractivity contribution is 5.96. The lowest BCUT2D eigenvalue weighted by Crippen LogP contribution is -2.31. The molecule has 0 aliphatic heterocycles. The molecule has 2 amide bonds. The Hall–Kier alpha value is -3.16. The highest BCUT2D eigenvalue weighted by Gasteiger charge is 2.31. The van der Waals surface area contributed by atoms with Crippen molar-refractivity contribution in [2.45, 2.75) is 38.6 Å². The van der Waals surface area contributed by atoms with E-state index in [-0.39, 0.29) is 17.7 Å². The third-order valence-electron chi connectivity index (χ3n) is 5.09. The first-order valence-corrected chi connectivity index (χ1v) is 9.37. The molecule has 0 radical (unpaired) electrons. The van der Waals surface area contributed by atoms with E-state index in [0.717, 1.165) is 6.42 Å². The predicted molar refractivity (Wildman–Crippen MR) is 104 cm³/mol. The molecule has 0 spiro atoms. The van der Waals surface area contributed by atoms with Gasteiger partial charge in [0.25, 0.3) is 0 Å².